The smallest absolute Gasteiger partial charge is 0.320 e. The first-order chi connectivity index (χ1) is 11.8. The van der Waals surface area contributed by atoms with Gasteiger partial charge in [0.25, 0.3) is 0 Å². The Morgan fingerprint density at radius 2 is 1.96 bits per heavy atom. The van der Waals surface area contributed by atoms with E-state index < -0.39 is 0 Å². The van der Waals surface area contributed by atoms with Crippen molar-refractivity contribution >= 4 is 11.8 Å². The number of hydrogen-bond acceptors (Lipinski definition) is 4. The van der Waals surface area contributed by atoms with Crippen molar-refractivity contribution in [3.8, 4) is 5.69 Å². The highest BCUT2D eigenvalue weighted by Crippen LogP contribution is 2.09. The third-order valence-electron chi connectivity index (χ3n) is 3.89. The van der Waals surface area contributed by atoms with Gasteiger partial charge in [0.1, 0.15) is 0 Å². The van der Waals surface area contributed by atoms with Crippen molar-refractivity contribution in [1.82, 2.24) is 20.0 Å². The number of urea groups is 1. The Kier molecular flexibility index (Phi) is 5.81. The van der Waals surface area contributed by atoms with Crippen LogP contribution in [0.1, 0.15) is 6.42 Å². The summed E-state index contributed by atoms with van der Waals surface area (Å²) in [4.78, 5) is 14.3. The lowest BCUT2D eigenvalue weighted by atomic mass is 10.3. The molecule has 0 radical (unpaired) electrons. The average molecular weight is 329 g/mol. The quantitative estimate of drug-likeness (QED) is 0.792. The maximum Gasteiger partial charge on any atom is 0.320 e. The van der Waals surface area contributed by atoms with Crippen LogP contribution in [0.3, 0.4) is 0 Å². The van der Waals surface area contributed by atoms with Crippen molar-refractivity contribution in [1.29, 1.82) is 0 Å². The molecule has 1 aromatic heterocycles. The highest BCUT2D eigenvalue weighted by molar-refractivity contribution is 5.88. The molecule has 1 aromatic carbocycles. The van der Waals surface area contributed by atoms with Gasteiger partial charge >= 0.3 is 6.03 Å². The molecule has 7 heteroatoms. The summed E-state index contributed by atoms with van der Waals surface area (Å²) in [5.41, 5.74) is 0.955. The van der Waals surface area contributed by atoms with Crippen LogP contribution >= 0.6 is 0 Å². The van der Waals surface area contributed by atoms with E-state index in [-0.39, 0.29) is 6.03 Å². The van der Waals surface area contributed by atoms with Crippen molar-refractivity contribution in [2.75, 3.05) is 44.7 Å². The third-order valence-corrected chi connectivity index (χ3v) is 3.89. The Hall–Kier alpha value is -2.38. The summed E-state index contributed by atoms with van der Waals surface area (Å²) < 4.78 is 7.04. The molecule has 0 saturated carbocycles. The van der Waals surface area contributed by atoms with Gasteiger partial charge in [0.2, 0.25) is 0 Å². The maximum atomic E-state index is 11.9. The van der Waals surface area contributed by atoms with Crippen molar-refractivity contribution in [3.63, 3.8) is 0 Å². The maximum absolute atomic E-state index is 11.9. The van der Waals surface area contributed by atoms with Crippen LogP contribution in [-0.4, -0.2) is 60.1 Å². The summed E-state index contributed by atoms with van der Waals surface area (Å²) in [6.07, 6.45) is 2.75. The van der Waals surface area contributed by atoms with Gasteiger partial charge < -0.3 is 10.1 Å². The number of rotatable bonds is 6. The summed E-state index contributed by atoms with van der Waals surface area (Å²) in [6.45, 7) is 5.18. The largest absolute Gasteiger partial charge is 0.379 e. The highest BCUT2D eigenvalue weighted by atomic mass is 16.5. The van der Waals surface area contributed by atoms with Crippen LogP contribution in [0.5, 0.6) is 0 Å². The Labute approximate surface area is 141 Å². The van der Waals surface area contributed by atoms with Gasteiger partial charge in [0.05, 0.1) is 18.9 Å². The lowest BCUT2D eigenvalue weighted by molar-refractivity contribution is 0.0375. The predicted octanol–water partition coefficient (Wildman–Crippen LogP) is 1.72. The number of aromatic nitrogens is 2. The Morgan fingerprint density at radius 3 is 2.75 bits per heavy atom. The van der Waals surface area contributed by atoms with Crippen LogP contribution in [0.25, 0.3) is 5.69 Å². The second-order valence-electron chi connectivity index (χ2n) is 5.67. The van der Waals surface area contributed by atoms with E-state index in [0.717, 1.165) is 45.0 Å². The summed E-state index contributed by atoms with van der Waals surface area (Å²) in [7, 11) is 0. The van der Waals surface area contributed by atoms with Crippen LogP contribution in [-0.2, 0) is 4.74 Å². The van der Waals surface area contributed by atoms with E-state index in [1.54, 1.807) is 10.7 Å². The molecule has 1 aliphatic rings. The van der Waals surface area contributed by atoms with E-state index in [9.17, 15) is 4.79 Å². The van der Waals surface area contributed by atoms with Gasteiger partial charge in [0, 0.05) is 31.9 Å². The van der Waals surface area contributed by atoms with Gasteiger partial charge in [-0.2, -0.15) is 0 Å². The average Bonchev–Trinajstić information content (AvgIpc) is 3.09. The number of anilines is 1. The molecule has 128 valence electrons. The first-order valence-electron chi connectivity index (χ1n) is 8.27. The summed E-state index contributed by atoms with van der Waals surface area (Å²) in [5, 5.41) is 9.96. The Balaban J connectivity index is 1.38. The number of para-hydroxylation sites is 1. The number of benzene rings is 1. The molecule has 1 fully saturated rings. The summed E-state index contributed by atoms with van der Waals surface area (Å²) in [6, 6.07) is 11.3. The Bertz CT molecular complexity index is 637. The second-order valence-corrected chi connectivity index (χ2v) is 5.67. The van der Waals surface area contributed by atoms with Gasteiger partial charge in [-0.3, -0.25) is 10.2 Å². The van der Waals surface area contributed by atoms with Gasteiger partial charge in [-0.15, -0.1) is 5.10 Å². The minimum atomic E-state index is -0.227. The van der Waals surface area contributed by atoms with Crippen molar-refractivity contribution in [2.24, 2.45) is 0 Å². The first-order valence-corrected chi connectivity index (χ1v) is 8.27. The summed E-state index contributed by atoms with van der Waals surface area (Å²) >= 11 is 0. The van der Waals surface area contributed by atoms with Crippen LogP contribution in [0, 0.1) is 0 Å². The van der Waals surface area contributed by atoms with Crippen LogP contribution in [0.15, 0.2) is 42.6 Å². The topological polar surface area (TPSA) is 71.4 Å². The zero-order valence-corrected chi connectivity index (χ0v) is 13.6. The fraction of sp³-hybridized carbons (Fsp3) is 0.412. The molecule has 2 N–H and O–H groups in total. The van der Waals surface area contributed by atoms with Crippen LogP contribution < -0.4 is 10.6 Å². The second kappa shape index (κ2) is 8.47. The lowest BCUT2D eigenvalue weighted by Crippen LogP contribution is -2.38. The lowest BCUT2D eigenvalue weighted by Gasteiger charge is -2.26. The number of ether oxygens (including phenoxy) is 1. The van der Waals surface area contributed by atoms with E-state index in [2.05, 4.69) is 20.6 Å². The molecule has 24 heavy (non-hydrogen) atoms. The zero-order valence-electron chi connectivity index (χ0n) is 13.6. The Morgan fingerprint density at radius 1 is 1.17 bits per heavy atom. The zero-order chi connectivity index (χ0) is 16.6. The molecular weight excluding hydrogens is 306 g/mol. The molecule has 2 heterocycles. The predicted molar refractivity (Wildman–Crippen MR) is 92.5 cm³/mol. The van der Waals surface area contributed by atoms with Gasteiger partial charge in [-0.05, 0) is 25.1 Å². The van der Waals surface area contributed by atoms with Crippen molar-refractivity contribution < 1.29 is 9.53 Å². The van der Waals surface area contributed by atoms with Crippen LogP contribution in [0.4, 0.5) is 10.6 Å². The number of hydrogen-bond donors (Lipinski definition) is 2. The third kappa shape index (κ3) is 4.81. The molecule has 0 unspecified atom stereocenters. The van der Waals surface area contributed by atoms with Gasteiger partial charge in [0.15, 0.2) is 5.82 Å². The van der Waals surface area contributed by atoms with Gasteiger partial charge in [-0.25, -0.2) is 9.48 Å². The minimum Gasteiger partial charge on any atom is -0.379 e. The molecule has 1 saturated heterocycles. The minimum absolute atomic E-state index is 0.227. The molecule has 0 atom stereocenters. The van der Waals surface area contributed by atoms with E-state index >= 15 is 0 Å². The van der Waals surface area contributed by atoms with Crippen LogP contribution in [0.2, 0.25) is 0 Å². The number of nitrogens with zero attached hydrogens (tertiary/aromatic N) is 3. The first kappa shape index (κ1) is 16.5. The van der Waals surface area contributed by atoms with Gasteiger partial charge in [-0.1, -0.05) is 18.2 Å². The fourth-order valence-electron chi connectivity index (χ4n) is 2.61. The van der Waals surface area contributed by atoms with Crippen molar-refractivity contribution in [3.05, 3.63) is 42.6 Å². The highest BCUT2D eigenvalue weighted by Gasteiger charge is 2.10. The normalized spacial score (nSPS) is 15.2. The van der Waals surface area contributed by atoms with E-state index in [1.807, 2.05) is 36.5 Å². The van der Waals surface area contributed by atoms with E-state index in [4.69, 9.17) is 4.74 Å². The molecule has 0 spiro atoms. The molecule has 3 rings (SSSR count). The molecular formula is C17H23N5O2. The summed E-state index contributed by atoms with van der Waals surface area (Å²) in [5.74, 6) is 0.532. The van der Waals surface area contributed by atoms with E-state index in [1.165, 1.54) is 0 Å². The number of carbonyl (C=O) groups is 1. The van der Waals surface area contributed by atoms with E-state index in [0.29, 0.717) is 12.4 Å². The number of carbonyl (C=O) groups excluding carboxylic acids is 1. The molecule has 1 aliphatic heterocycles. The molecule has 7 nitrogen and oxygen atoms in total. The number of morpholine rings is 1. The molecule has 0 aliphatic carbocycles. The standard InChI is InChI=1S/C17H23N5O2/c23-17(18-8-4-9-21-11-13-24-14-12-21)19-16-7-10-22(20-16)15-5-2-1-3-6-15/h1-3,5-7,10H,4,8-9,11-14H2,(H2,18,19,20,23). The fourth-order valence-corrected chi connectivity index (χ4v) is 2.61. The number of amides is 2. The monoisotopic (exact) mass is 329 g/mol. The number of nitrogens with one attached hydrogen (secondary N) is 2. The van der Waals surface area contributed by atoms with Crippen molar-refractivity contribution in [2.45, 2.75) is 6.42 Å². The molecule has 2 aromatic rings. The molecule has 0 bridgehead atoms. The SMILES string of the molecule is O=C(NCCCN1CCOCC1)Nc1ccn(-c2ccccc2)n1. The molecule has 2 amide bonds.